The molecule has 0 radical (unpaired) electrons. The van der Waals surface area contributed by atoms with E-state index in [1.165, 1.54) is 11.8 Å². The molecule has 1 heterocycles. The fourth-order valence-electron chi connectivity index (χ4n) is 1.48. The minimum Gasteiger partial charge on any atom is -0.480 e. The van der Waals surface area contributed by atoms with Crippen LogP contribution in [0.2, 0.25) is 5.02 Å². The summed E-state index contributed by atoms with van der Waals surface area (Å²) < 4.78 is 10.5. The number of nitrogens with two attached hydrogens (primary N) is 1. The van der Waals surface area contributed by atoms with Crippen molar-refractivity contribution in [2.75, 3.05) is 12.5 Å². The van der Waals surface area contributed by atoms with E-state index in [4.69, 9.17) is 31.9 Å². The Labute approximate surface area is 113 Å². The quantitative estimate of drug-likeness (QED) is 0.859. The molecule has 0 aromatic heterocycles. The van der Waals surface area contributed by atoms with E-state index in [0.29, 0.717) is 28.0 Å². The maximum absolute atomic E-state index is 10.6. The molecule has 0 spiro atoms. The number of halogens is 1. The number of hydrogen-bond donors (Lipinski definition) is 2. The topological polar surface area (TPSA) is 81.8 Å². The van der Waals surface area contributed by atoms with Gasteiger partial charge in [0.05, 0.1) is 5.02 Å². The smallest absolute Gasteiger partial charge is 0.321 e. The van der Waals surface area contributed by atoms with Gasteiger partial charge in [0.15, 0.2) is 11.5 Å². The summed E-state index contributed by atoms with van der Waals surface area (Å²) in [5, 5.41) is 9.16. The zero-order valence-corrected chi connectivity index (χ0v) is 11.0. The van der Waals surface area contributed by atoms with Crippen molar-refractivity contribution in [1.29, 1.82) is 0 Å². The first-order chi connectivity index (χ1) is 8.58. The van der Waals surface area contributed by atoms with Gasteiger partial charge in [0, 0.05) is 11.5 Å². The van der Waals surface area contributed by atoms with E-state index in [1.54, 1.807) is 6.07 Å². The van der Waals surface area contributed by atoms with Gasteiger partial charge < -0.3 is 20.3 Å². The third kappa shape index (κ3) is 3.01. The lowest BCUT2D eigenvalue weighted by molar-refractivity contribution is -0.137. The average Bonchev–Trinajstić information content (AvgIpc) is 2.77. The van der Waals surface area contributed by atoms with E-state index in [2.05, 4.69) is 0 Å². The van der Waals surface area contributed by atoms with E-state index < -0.39 is 12.0 Å². The number of fused-ring (bicyclic) bond motifs is 1. The SMILES string of the molecule is N[C@H](CSCc1cc(Cl)c2c(c1)OCO2)C(=O)O. The van der Waals surface area contributed by atoms with Crippen molar-refractivity contribution in [1.82, 2.24) is 0 Å². The number of aliphatic carboxylic acids is 1. The Balaban J connectivity index is 1.94. The zero-order valence-electron chi connectivity index (χ0n) is 9.39. The molecule has 2 rings (SSSR count). The summed E-state index contributed by atoms with van der Waals surface area (Å²) in [5.74, 6) is 1.16. The van der Waals surface area contributed by atoms with Crippen LogP contribution in [0.5, 0.6) is 11.5 Å². The molecule has 7 heteroatoms. The molecule has 0 amide bonds. The first kappa shape index (κ1) is 13.3. The highest BCUT2D eigenvalue weighted by atomic mass is 35.5. The van der Waals surface area contributed by atoms with Crippen molar-refractivity contribution >= 4 is 29.3 Å². The zero-order chi connectivity index (χ0) is 13.1. The Morgan fingerprint density at radius 1 is 1.56 bits per heavy atom. The lowest BCUT2D eigenvalue weighted by Crippen LogP contribution is -2.32. The van der Waals surface area contributed by atoms with E-state index in [-0.39, 0.29) is 6.79 Å². The second-order valence-corrected chi connectivity index (χ2v) is 5.21. The van der Waals surface area contributed by atoms with Crippen molar-refractivity contribution in [3.05, 3.63) is 22.7 Å². The summed E-state index contributed by atoms with van der Waals surface area (Å²) in [7, 11) is 0. The number of hydrogen-bond acceptors (Lipinski definition) is 5. The highest BCUT2D eigenvalue weighted by Crippen LogP contribution is 2.40. The van der Waals surface area contributed by atoms with Crippen LogP contribution in [0.15, 0.2) is 12.1 Å². The molecule has 0 saturated heterocycles. The Bertz CT molecular complexity index is 469. The number of rotatable bonds is 5. The van der Waals surface area contributed by atoms with Crippen LogP contribution in [-0.2, 0) is 10.5 Å². The van der Waals surface area contributed by atoms with Gasteiger partial charge in [-0.2, -0.15) is 11.8 Å². The summed E-state index contributed by atoms with van der Waals surface area (Å²) in [6.07, 6.45) is 0. The van der Waals surface area contributed by atoms with Gasteiger partial charge in [-0.3, -0.25) is 4.79 Å². The van der Waals surface area contributed by atoms with E-state index >= 15 is 0 Å². The molecule has 0 unspecified atom stereocenters. The first-order valence-corrected chi connectivity index (χ1v) is 6.75. The van der Waals surface area contributed by atoms with E-state index in [0.717, 1.165) is 5.56 Å². The fraction of sp³-hybridized carbons (Fsp3) is 0.364. The summed E-state index contributed by atoms with van der Waals surface area (Å²) in [6.45, 7) is 0.176. The van der Waals surface area contributed by atoms with Crippen LogP contribution < -0.4 is 15.2 Å². The minimum absolute atomic E-state index is 0.176. The van der Waals surface area contributed by atoms with Gasteiger partial charge in [-0.1, -0.05) is 11.6 Å². The Morgan fingerprint density at radius 2 is 2.33 bits per heavy atom. The maximum Gasteiger partial charge on any atom is 0.321 e. The van der Waals surface area contributed by atoms with Crippen LogP contribution in [0.4, 0.5) is 0 Å². The summed E-state index contributed by atoms with van der Waals surface area (Å²) >= 11 is 7.47. The van der Waals surface area contributed by atoms with Crippen LogP contribution >= 0.6 is 23.4 Å². The summed E-state index contributed by atoms with van der Waals surface area (Å²) in [6, 6.07) is 2.78. The second kappa shape index (κ2) is 5.69. The van der Waals surface area contributed by atoms with Gasteiger partial charge in [-0.05, 0) is 17.7 Å². The molecule has 1 atom stereocenters. The Hall–Kier alpha value is -1.11. The standard InChI is InChI=1S/C11H12ClNO4S/c12-7-1-6(2-9-10(7)17-5-16-9)3-18-4-8(13)11(14)15/h1-2,8H,3-5,13H2,(H,14,15)/t8-/m1/s1. The molecule has 98 valence electrons. The van der Waals surface area contributed by atoms with Crippen molar-refractivity contribution < 1.29 is 19.4 Å². The number of carboxylic acid groups (broad SMARTS) is 1. The monoisotopic (exact) mass is 289 g/mol. The second-order valence-electron chi connectivity index (χ2n) is 3.77. The highest BCUT2D eigenvalue weighted by molar-refractivity contribution is 7.98. The molecular weight excluding hydrogens is 278 g/mol. The van der Waals surface area contributed by atoms with Crippen LogP contribution in [0, 0.1) is 0 Å². The van der Waals surface area contributed by atoms with Gasteiger partial charge in [0.25, 0.3) is 0 Å². The van der Waals surface area contributed by atoms with Crippen molar-refractivity contribution in [2.45, 2.75) is 11.8 Å². The van der Waals surface area contributed by atoms with Gasteiger partial charge in [0.2, 0.25) is 6.79 Å². The van der Waals surface area contributed by atoms with Crippen LogP contribution in [-0.4, -0.2) is 29.7 Å². The molecule has 0 fully saturated rings. The molecule has 18 heavy (non-hydrogen) atoms. The van der Waals surface area contributed by atoms with Crippen LogP contribution in [0.1, 0.15) is 5.56 Å². The van der Waals surface area contributed by atoms with Crippen molar-refractivity contribution in [3.63, 3.8) is 0 Å². The van der Waals surface area contributed by atoms with Gasteiger partial charge in [-0.15, -0.1) is 0 Å². The van der Waals surface area contributed by atoms with Gasteiger partial charge >= 0.3 is 5.97 Å². The van der Waals surface area contributed by atoms with Gasteiger partial charge in [-0.25, -0.2) is 0 Å². The molecule has 1 aliphatic rings. The number of ether oxygens (including phenoxy) is 2. The van der Waals surface area contributed by atoms with E-state index in [1.807, 2.05) is 6.07 Å². The fourth-order valence-corrected chi connectivity index (χ4v) is 2.68. The third-order valence-corrected chi connectivity index (χ3v) is 3.78. The first-order valence-electron chi connectivity index (χ1n) is 5.22. The van der Waals surface area contributed by atoms with Gasteiger partial charge in [0.1, 0.15) is 6.04 Å². The summed E-state index contributed by atoms with van der Waals surface area (Å²) in [5.41, 5.74) is 6.36. The molecule has 0 saturated carbocycles. The van der Waals surface area contributed by atoms with Crippen LogP contribution in [0.25, 0.3) is 0 Å². The predicted molar refractivity (Wildman–Crippen MR) is 69.3 cm³/mol. The molecule has 0 bridgehead atoms. The molecule has 1 aromatic rings. The minimum atomic E-state index is -0.994. The molecule has 1 aliphatic heterocycles. The lowest BCUT2D eigenvalue weighted by atomic mass is 10.2. The number of carbonyl (C=O) groups is 1. The molecule has 5 nitrogen and oxygen atoms in total. The molecule has 0 aliphatic carbocycles. The van der Waals surface area contributed by atoms with Crippen molar-refractivity contribution in [3.8, 4) is 11.5 Å². The average molecular weight is 290 g/mol. The molecular formula is C11H12ClNO4S. The molecule has 3 N–H and O–H groups in total. The normalized spacial score (nSPS) is 14.6. The molecule has 1 aromatic carbocycles. The van der Waals surface area contributed by atoms with E-state index in [9.17, 15) is 4.79 Å². The Morgan fingerprint density at radius 3 is 3.06 bits per heavy atom. The third-order valence-electron chi connectivity index (χ3n) is 2.37. The largest absolute Gasteiger partial charge is 0.480 e. The summed E-state index contributed by atoms with van der Waals surface area (Å²) in [4.78, 5) is 10.6. The number of carboxylic acids is 1. The van der Waals surface area contributed by atoms with Crippen LogP contribution in [0.3, 0.4) is 0 Å². The lowest BCUT2D eigenvalue weighted by Gasteiger charge is -2.07. The number of benzene rings is 1. The maximum atomic E-state index is 10.6. The Kier molecular flexibility index (Phi) is 4.21. The predicted octanol–water partition coefficient (Wildman–Crippen LogP) is 1.71. The number of thioether (sulfide) groups is 1. The highest BCUT2D eigenvalue weighted by Gasteiger charge is 2.18. The van der Waals surface area contributed by atoms with Crippen molar-refractivity contribution in [2.24, 2.45) is 5.73 Å².